The highest BCUT2D eigenvalue weighted by Gasteiger charge is 2.19. The second-order valence-corrected chi connectivity index (χ2v) is 8.08. The molecular weight excluding hydrogens is 500 g/mol. The Morgan fingerprint density at radius 1 is 0.839 bits per heavy atom. The van der Waals surface area contributed by atoms with Crippen LogP contribution in [0.5, 0.6) is 5.88 Å². The van der Waals surface area contributed by atoms with Gasteiger partial charge in [-0.3, -0.25) is 13.9 Å². The smallest absolute Gasteiger partial charge is 0.290 e. The highest BCUT2D eigenvalue weighted by Crippen LogP contribution is 2.31. The SMILES string of the molecule is O=c1c(N=Nc2ccccc2Cl)c(O)n(-c2ccc(Br)cc2)c(=S)n1-c1ccccc1. The molecule has 6 nitrogen and oxygen atoms in total. The van der Waals surface area contributed by atoms with Gasteiger partial charge in [0.05, 0.1) is 16.4 Å². The predicted octanol–water partition coefficient (Wildman–Crippen LogP) is 6.89. The lowest BCUT2D eigenvalue weighted by Crippen LogP contribution is -2.23. The fourth-order valence-corrected chi connectivity index (χ4v) is 3.75. The molecule has 154 valence electrons. The van der Waals surface area contributed by atoms with E-state index in [9.17, 15) is 9.90 Å². The number of para-hydroxylation sites is 1. The molecule has 1 aromatic heterocycles. The monoisotopic (exact) mass is 512 g/mol. The number of aromatic hydroxyl groups is 1. The molecule has 31 heavy (non-hydrogen) atoms. The maximum absolute atomic E-state index is 13.3. The summed E-state index contributed by atoms with van der Waals surface area (Å²) >= 11 is 15.1. The minimum absolute atomic E-state index is 0.0905. The largest absolute Gasteiger partial charge is 0.492 e. The number of rotatable bonds is 4. The lowest BCUT2D eigenvalue weighted by atomic mass is 10.3. The first-order valence-electron chi connectivity index (χ1n) is 9.06. The van der Waals surface area contributed by atoms with Crippen molar-refractivity contribution >= 4 is 51.1 Å². The number of aromatic nitrogens is 2. The van der Waals surface area contributed by atoms with E-state index in [0.29, 0.717) is 22.1 Å². The first-order valence-corrected chi connectivity index (χ1v) is 10.6. The number of azo groups is 1. The Morgan fingerprint density at radius 3 is 2.13 bits per heavy atom. The summed E-state index contributed by atoms with van der Waals surface area (Å²) in [6.45, 7) is 0. The van der Waals surface area contributed by atoms with Crippen molar-refractivity contribution in [2.45, 2.75) is 0 Å². The summed E-state index contributed by atoms with van der Waals surface area (Å²) < 4.78 is 3.62. The molecular formula is C22H14BrClN4O2S. The summed E-state index contributed by atoms with van der Waals surface area (Å²) in [4.78, 5) is 13.3. The number of benzene rings is 3. The minimum atomic E-state index is -0.599. The topological polar surface area (TPSA) is 71.9 Å². The van der Waals surface area contributed by atoms with Crippen LogP contribution in [0.25, 0.3) is 11.4 Å². The van der Waals surface area contributed by atoms with Gasteiger partial charge in [0.1, 0.15) is 5.69 Å². The molecule has 0 aliphatic rings. The molecule has 0 amide bonds. The van der Waals surface area contributed by atoms with Gasteiger partial charge in [-0.05, 0) is 60.7 Å². The van der Waals surface area contributed by atoms with Gasteiger partial charge in [0, 0.05) is 4.47 Å². The third kappa shape index (κ3) is 4.23. The van der Waals surface area contributed by atoms with Crippen molar-refractivity contribution in [3.8, 4) is 17.3 Å². The van der Waals surface area contributed by atoms with Crippen molar-refractivity contribution in [3.63, 3.8) is 0 Å². The molecule has 0 saturated carbocycles. The number of halogens is 2. The molecule has 0 radical (unpaired) electrons. The highest BCUT2D eigenvalue weighted by atomic mass is 79.9. The number of nitrogens with zero attached hydrogens (tertiary/aromatic N) is 4. The van der Waals surface area contributed by atoms with Crippen LogP contribution in [0.1, 0.15) is 0 Å². The number of hydrogen-bond donors (Lipinski definition) is 1. The maximum Gasteiger partial charge on any atom is 0.290 e. The summed E-state index contributed by atoms with van der Waals surface area (Å²) in [5.41, 5.74) is 0.604. The quantitative estimate of drug-likeness (QED) is 0.238. The molecule has 1 N–H and O–H groups in total. The standard InChI is InChI=1S/C22H14BrClN4O2S/c23-14-10-12-16(13-11-14)28-21(30)19(26-25-18-9-5-4-8-17(18)24)20(29)27(22(28)31)15-6-2-1-3-7-15/h1-13,30H. The zero-order chi connectivity index (χ0) is 22.0. The molecule has 0 aliphatic heterocycles. The third-order valence-corrected chi connectivity index (χ3v) is 5.63. The van der Waals surface area contributed by atoms with Gasteiger partial charge in [-0.2, -0.15) is 0 Å². The van der Waals surface area contributed by atoms with Crippen LogP contribution in [0.4, 0.5) is 11.4 Å². The fourth-order valence-electron chi connectivity index (χ4n) is 2.94. The van der Waals surface area contributed by atoms with E-state index in [4.69, 9.17) is 23.8 Å². The van der Waals surface area contributed by atoms with E-state index in [0.717, 1.165) is 4.47 Å². The van der Waals surface area contributed by atoms with Gasteiger partial charge in [-0.1, -0.05) is 57.9 Å². The predicted molar refractivity (Wildman–Crippen MR) is 127 cm³/mol. The van der Waals surface area contributed by atoms with Crippen LogP contribution in [0, 0.1) is 4.77 Å². The molecule has 9 heteroatoms. The van der Waals surface area contributed by atoms with E-state index in [1.807, 2.05) is 6.07 Å². The first kappa shape index (κ1) is 21.2. The first-order chi connectivity index (χ1) is 15.0. The summed E-state index contributed by atoms with van der Waals surface area (Å²) in [6, 6.07) is 22.8. The average Bonchev–Trinajstić information content (AvgIpc) is 2.77. The zero-order valence-electron chi connectivity index (χ0n) is 15.8. The van der Waals surface area contributed by atoms with Crippen molar-refractivity contribution in [2.24, 2.45) is 10.2 Å². The Labute approximate surface area is 195 Å². The van der Waals surface area contributed by atoms with Crippen LogP contribution in [-0.4, -0.2) is 14.2 Å². The van der Waals surface area contributed by atoms with Crippen molar-refractivity contribution in [2.75, 3.05) is 0 Å². The second-order valence-electron chi connectivity index (χ2n) is 6.39. The van der Waals surface area contributed by atoms with E-state index in [2.05, 4.69) is 26.2 Å². The van der Waals surface area contributed by atoms with E-state index in [1.165, 1.54) is 9.13 Å². The molecule has 3 aromatic carbocycles. The molecule has 0 unspecified atom stereocenters. The maximum atomic E-state index is 13.3. The van der Waals surface area contributed by atoms with Crippen LogP contribution < -0.4 is 5.56 Å². The van der Waals surface area contributed by atoms with E-state index >= 15 is 0 Å². The Kier molecular flexibility index (Phi) is 6.13. The Balaban J connectivity index is 2.01. The number of hydrogen-bond acceptors (Lipinski definition) is 5. The lowest BCUT2D eigenvalue weighted by Gasteiger charge is -2.16. The fraction of sp³-hybridized carbons (Fsp3) is 0. The van der Waals surface area contributed by atoms with Crippen LogP contribution >= 0.6 is 39.7 Å². The molecule has 0 spiro atoms. The molecule has 4 rings (SSSR count). The molecule has 4 aromatic rings. The Morgan fingerprint density at radius 2 is 1.45 bits per heavy atom. The molecule has 1 heterocycles. The molecule has 0 atom stereocenters. The summed E-state index contributed by atoms with van der Waals surface area (Å²) in [5, 5.41) is 19.5. The third-order valence-electron chi connectivity index (χ3n) is 4.42. The van der Waals surface area contributed by atoms with E-state index in [1.54, 1.807) is 72.8 Å². The van der Waals surface area contributed by atoms with E-state index in [-0.39, 0.29) is 10.5 Å². The molecule has 0 aliphatic carbocycles. The molecule has 0 saturated heterocycles. The molecule has 0 bridgehead atoms. The van der Waals surface area contributed by atoms with Gasteiger partial charge in [0.15, 0.2) is 4.77 Å². The van der Waals surface area contributed by atoms with Crippen LogP contribution in [0.2, 0.25) is 5.02 Å². The van der Waals surface area contributed by atoms with Crippen LogP contribution in [0.3, 0.4) is 0 Å². The zero-order valence-corrected chi connectivity index (χ0v) is 19.0. The summed E-state index contributed by atoms with van der Waals surface area (Å²) in [6.07, 6.45) is 0. The van der Waals surface area contributed by atoms with Crippen molar-refractivity contribution in [1.82, 2.24) is 9.13 Å². The van der Waals surface area contributed by atoms with Crippen molar-refractivity contribution in [1.29, 1.82) is 0 Å². The van der Waals surface area contributed by atoms with Gasteiger partial charge in [-0.25, -0.2) is 0 Å². The van der Waals surface area contributed by atoms with Gasteiger partial charge < -0.3 is 5.11 Å². The lowest BCUT2D eigenvalue weighted by molar-refractivity contribution is 0.432. The molecule has 0 fully saturated rings. The Bertz CT molecular complexity index is 1400. The van der Waals surface area contributed by atoms with E-state index < -0.39 is 11.4 Å². The second kappa shape index (κ2) is 8.97. The highest BCUT2D eigenvalue weighted by molar-refractivity contribution is 9.10. The Hall–Kier alpha value is -3.07. The van der Waals surface area contributed by atoms with Crippen molar-refractivity contribution < 1.29 is 5.11 Å². The van der Waals surface area contributed by atoms with Gasteiger partial charge >= 0.3 is 0 Å². The van der Waals surface area contributed by atoms with Crippen LogP contribution in [-0.2, 0) is 0 Å². The normalized spacial score (nSPS) is 11.2. The van der Waals surface area contributed by atoms with Gasteiger partial charge in [0.25, 0.3) is 5.56 Å². The van der Waals surface area contributed by atoms with Gasteiger partial charge in [-0.15, -0.1) is 10.2 Å². The van der Waals surface area contributed by atoms with Gasteiger partial charge in [0.2, 0.25) is 11.6 Å². The average molecular weight is 514 g/mol. The van der Waals surface area contributed by atoms with Crippen LogP contribution in [0.15, 0.2) is 98.4 Å². The summed E-state index contributed by atoms with van der Waals surface area (Å²) in [5.74, 6) is -0.416. The summed E-state index contributed by atoms with van der Waals surface area (Å²) in [7, 11) is 0. The van der Waals surface area contributed by atoms with Crippen molar-refractivity contribution in [3.05, 3.63) is 103 Å². The minimum Gasteiger partial charge on any atom is -0.492 e.